The third-order valence-corrected chi connectivity index (χ3v) is 0. The third-order valence-electron chi connectivity index (χ3n) is 0. The van der Waals surface area contributed by atoms with Crippen molar-refractivity contribution >= 4 is 62.8 Å². The maximum atomic E-state index is 8.30. The van der Waals surface area contributed by atoms with E-state index in [2.05, 4.69) is 0 Å². The molecule has 0 amide bonds. The zero-order chi connectivity index (χ0) is 2.00. The molecule has 0 aromatic rings. The van der Waals surface area contributed by atoms with Gasteiger partial charge in [0.1, 0.15) is 0 Å². The van der Waals surface area contributed by atoms with Crippen LogP contribution in [0.1, 0.15) is 0 Å². The second-order valence-corrected chi connectivity index (χ2v) is 0. The van der Waals surface area contributed by atoms with Gasteiger partial charge in [0.05, 0.1) is 0 Å². The van der Waals surface area contributed by atoms with Gasteiger partial charge in [0, 0.05) is 0 Å². The first-order valence-electron chi connectivity index (χ1n) is 0.183. The molecule has 21 valence electrons. The van der Waals surface area contributed by atoms with Crippen LogP contribution in [0, 0.1) is 0 Å². The van der Waals surface area contributed by atoms with E-state index in [1.165, 1.54) is 0 Å². The molecule has 4 heteroatoms. The Bertz CT molecular complexity index is 8.00. The van der Waals surface area contributed by atoms with Gasteiger partial charge in [-0.25, -0.2) is 0 Å². The van der Waals surface area contributed by atoms with Crippen LogP contribution >= 0.6 is 0 Å². The Morgan fingerprint density at radius 1 is 1.25 bits per heavy atom. The number of hydrogen-bond acceptors (Lipinski definition) is 1. The van der Waals surface area contributed by atoms with Gasteiger partial charge in [-0.3, -0.25) is 0 Å². The van der Waals surface area contributed by atoms with Crippen molar-refractivity contribution < 1.29 is 24.3 Å². The van der Waals surface area contributed by atoms with Gasteiger partial charge >= 0.3 is 69.8 Å². The molecule has 0 aliphatic heterocycles. The van der Waals surface area contributed by atoms with Crippen LogP contribution in [0.4, 0.5) is 0 Å². The minimum absolute atomic E-state index is 0. The molecule has 0 atom stereocenters. The Morgan fingerprint density at radius 3 is 1.25 bits per heavy atom. The topological polar surface area (TPSA) is 17.1 Å². The van der Waals surface area contributed by atoms with Crippen LogP contribution in [-0.2, 0) is 24.3 Å². The fourth-order valence-electron chi connectivity index (χ4n) is 0. The Morgan fingerprint density at radius 2 is 1.25 bits per heavy atom. The second-order valence-electron chi connectivity index (χ2n) is 0. The van der Waals surface area contributed by atoms with Gasteiger partial charge in [-0.2, -0.15) is 0 Å². The van der Waals surface area contributed by atoms with Crippen LogP contribution < -0.4 is 0 Å². The summed E-state index contributed by atoms with van der Waals surface area (Å²) in [6, 6.07) is 0. The summed E-state index contributed by atoms with van der Waals surface area (Å²) in [6.45, 7) is 0. The van der Waals surface area contributed by atoms with Gasteiger partial charge in [-0.05, 0) is 0 Å². The summed E-state index contributed by atoms with van der Waals surface area (Å²) >= 11 is 0.500. The predicted molar refractivity (Wildman–Crippen MR) is 19.2 cm³/mol. The first kappa shape index (κ1) is 16.0. The van der Waals surface area contributed by atoms with E-state index in [4.69, 9.17) is 3.25 Å². The van der Waals surface area contributed by atoms with Crippen LogP contribution in [0.3, 0.4) is 0 Å². The molecule has 0 spiro atoms. The average molecular weight is 229 g/mol. The summed E-state index contributed by atoms with van der Waals surface area (Å²) in [5.41, 5.74) is 0. The zero-order valence-electron chi connectivity index (χ0n) is 0.855. The fourth-order valence-corrected chi connectivity index (χ4v) is 0. The van der Waals surface area contributed by atoms with E-state index in [0.717, 1.165) is 0 Å². The molecule has 4 heavy (non-hydrogen) atoms. The normalized spacial score (nSPS) is 0.750. The number of hydrogen-bond donors (Lipinski definition) is 0. The fraction of sp³-hybridized carbons (Fsp3) is 0. The molecule has 0 radical (unpaired) electrons. The van der Waals surface area contributed by atoms with E-state index in [9.17, 15) is 0 Å². The quantitative estimate of drug-likeness (QED) is 0.429. The molecule has 0 aromatic heterocycles. The standard InChI is InChI=1S/Al.Nb.O.Sr.5H. The minimum atomic E-state index is 0. The molecule has 0 saturated carbocycles. The van der Waals surface area contributed by atoms with E-state index in [-0.39, 0.29) is 62.8 Å². The van der Waals surface area contributed by atoms with Crippen molar-refractivity contribution in [2.45, 2.75) is 0 Å². The molecule has 0 bridgehead atoms. The van der Waals surface area contributed by atoms with Crippen molar-refractivity contribution in [3.8, 4) is 0 Å². The molecule has 0 aromatic carbocycles. The first-order chi connectivity index (χ1) is 1.00. The summed E-state index contributed by atoms with van der Waals surface area (Å²) in [5.74, 6) is 0. The van der Waals surface area contributed by atoms with Crippen molar-refractivity contribution in [1.29, 1.82) is 0 Å². The van der Waals surface area contributed by atoms with Gasteiger partial charge in [0.25, 0.3) is 0 Å². The Kier molecular flexibility index (Phi) is 70.7. The Hall–Kier alpha value is 2.55. The van der Waals surface area contributed by atoms with E-state index < -0.39 is 0 Å². The van der Waals surface area contributed by atoms with Crippen LogP contribution in [0.25, 0.3) is 0 Å². The summed E-state index contributed by atoms with van der Waals surface area (Å²) in [5, 5.41) is 0. The van der Waals surface area contributed by atoms with Gasteiger partial charge in [0.2, 0.25) is 0 Å². The zero-order valence-corrected chi connectivity index (χ0v) is 3.05. The van der Waals surface area contributed by atoms with Crippen molar-refractivity contribution in [2.24, 2.45) is 0 Å². The van der Waals surface area contributed by atoms with Crippen molar-refractivity contribution in [2.75, 3.05) is 0 Å². The number of rotatable bonds is 0. The van der Waals surface area contributed by atoms with Crippen molar-refractivity contribution in [3.05, 3.63) is 0 Å². The second kappa shape index (κ2) is 17.7. The SMILES string of the molecule is [AlH3].[O]=[Nb].[SrH2]. The van der Waals surface area contributed by atoms with E-state index in [0.29, 0.717) is 21.0 Å². The van der Waals surface area contributed by atoms with Gasteiger partial charge in [-0.1, -0.05) is 0 Å². The molecule has 0 aliphatic rings. The average Bonchev–Trinajstić information content (AvgIpc) is 1.00. The molecule has 0 rings (SSSR count). The van der Waals surface area contributed by atoms with Crippen molar-refractivity contribution in [3.63, 3.8) is 0 Å². The van der Waals surface area contributed by atoms with Gasteiger partial charge in [0.15, 0.2) is 17.4 Å². The molecular weight excluding hydrogens is 224 g/mol. The molecular formula is H5AlNbOSr. The third kappa shape index (κ3) is 8.82. The van der Waals surface area contributed by atoms with E-state index in [1.54, 1.807) is 0 Å². The summed E-state index contributed by atoms with van der Waals surface area (Å²) in [7, 11) is 0. The summed E-state index contributed by atoms with van der Waals surface area (Å²) in [4.78, 5) is 0. The Labute approximate surface area is 85.2 Å². The molecule has 0 N–H and O–H groups in total. The van der Waals surface area contributed by atoms with Crippen LogP contribution in [0.2, 0.25) is 0 Å². The van der Waals surface area contributed by atoms with Crippen LogP contribution in [0.15, 0.2) is 0 Å². The molecule has 1 nitrogen and oxygen atoms in total. The molecule has 0 saturated heterocycles. The van der Waals surface area contributed by atoms with Crippen LogP contribution in [0.5, 0.6) is 0 Å². The summed E-state index contributed by atoms with van der Waals surface area (Å²) in [6.07, 6.45) is 0. The van der Waals surface area contributed by atoms with E-state index in [1.807, 2.05) is 0 Å². The molecule has 0 fully saturated rings. The maximum absolute atomic E-state index is 8.30. The Balaban J connectivity index is -0.00000000500. The predicted octanol–water partition coefficient (Wildman–Crippen LogP) is -2.22. The molecule has 0 unspecified atom stereocenters. The first-order valence-corrected chi connectivity index (χ1v) is 1.08. The monoisotopic (exact) mass is 229 g/mol. The van der Waals surface area contributed by atoms with E-state index >= 15 is 0 Å². The van der Waals surface area contributed by atoms with Crippen molar-refractivity contribution in [1.82, 2.24) is 0 Å². The van der Waals surface area contributed by atoms with Gasteiger partial charge < -0.3 is 0 Å². The molecule has 0 aliphatic carbocycles. The molecule has 0 heterocycles. The van der Waals surface area contributed by atoms with Gasteiger partial charge in [-0.15, -0.1) is 0 Å². The van der Waals surface area contributed by atoms with Crippen LogP contribution in [-0.4, -0.2) is 62.8 Å². The summed E-state index contributed by atoms with van der Waals surface area (Å²) < 4.78 is 8.30.